The lowest BCUT2D eigenvalue weighted by atomic mass is 10.2. The maximum Gasteiger partial charge on any atom is 0.281 e. The van der Waals surface area contributed by atoms with E-state index in [1.165, 1.54) is 12.3 Å². The van der Waals surface area contributed by atoms with Crippen molar-refractivity contribution in [2.75, 3.05) is 0 Å². The molecule has 1 aromatic carbocycles. The van der Waals surface area contributed by atoms with E-state index in [1.54, 1.807) is 18.2 Å². The number of halogens is 1. The Morgan fingerprint density at radius 3 is 2.86 bits per heavy atom. The summed E-state index contributed by atoms with van der Waals surface area (Å²) in [7, 11) is 0. The Hall–Kier alpha value is -1.68. The minimum Gasteiger partial charge on any atom is -0.258 e. The number of nitrogens with zero attached hydrogens (tertiary/aromatic N) is 2. The Morgan fingerprint density at radius 1 is 1.36 bits per heavy atom. The van der Waals surface area contributed by atoms with Crippen molar-refractivity contribution < 1.29 is 4.92 Å². The fourth-order valence-corrected chi connectivity index (χ4v) is 1.56. The molecule has 4 nitrogen and oxygen atoms in total. The molecule has 1 heterocycles. The Kier molecular flexibility index (Phi) is 2.05. The van der Waals surface area contributed by atoms with Gasteiger partial charge in [0.05, 0.1) is 20.8 Å². The topological polar surface area (TPSA) is 56.0 Å². The number of hydrogen-bond acceptors (Lipinski definition) is 3. The van der Waals surface area contributed by atoms with E-state index in [4.69, 9.17) is 11.6 Å². The van der Waals surface area contributed by atoms with Crippen molar-refractivity contribution in [3.8, 4) is 0 Å². The van der Waals surface area contributed by atoms with Crippen LogP contribution < -0.4 is 0 Å². The van der Waals surface area contributed by atoms with Crippen LogP contribution in [0.2, 0.25) is 5.02 Å². The van der Waals surface area contributed by atoms with Crippen LogP contribution in [0.3, 0.4) is 0 Å². The largest absolute Gasteiger partial charge is 0.281 e. The first-order valence-electron chi connectivity index (χ1n) is 3.88. The number of rotatable bonds is 1. The minimum absolute atomic E-state index is 0.0133. The second-order valence-corrected chi connectivity index (χ2v) is 3.13. The van der Waals surface area contributed by atoms with Gasteiger partial charge in [-0.2, -0.15) is 0 Å². The van der Waals surface area contributed by atoms with Gasteiger partial charge >= 0.3 is 0 Å². The van der Waals surface area contributed by atoms with E-state index in [0.29, 0.717) is 15.9 Å². The van der Waals surface area contributed by atoms with Crippen molar-refractivity contribution in [2.24, 2.45) is 0 Å². The molecule has 70 valence electrons. The molecule has 0 N–H and O–H groups in total. The van der Waals surface area contributed by atoms with Crippen molar-refractivity contribution in [3.63, 3.8) is 0 Å². The van der Waals surface area contributed by atoms with Crippen LogP contribution in [-0.2, 0) is 0 Å². The second kappa shape index (κ2) is 3.23. The Balaban J connectivity index is 2.91. The van der Waals surface area contributed by atoms with Gasteiger partial charge in [0.1, 0.15) is 0 Å². The van der Waals surface area contributed by atoms with Crippen molar-refractivity contribution in [1.29, 1.82) is 0 Å². The molecular weight excluding hydrogens is 204 g/mol. The van der Waals surface area contributed by atoms with Gasteiger partial charge in [0.2, 0.25) is 0 Å². The van der Waals surface area contributed by atoms with E-state index in [-0.39, 0.29) is 5.69 Å². The molecule has 0 unspecified atom stereocenters. The third kappa shape index (κ3) is 1.29. The van der Waals surface area contributed by atoms with E-state index < -0.39 is 4.92 Å². The molecular formula is C9H5ClN2O2. The predicted molar refractivity (Wildman–Crippen MR) is 53.4 cm³/mol. The molecule has 5 heteroatoms. The zero-order chi connectivity index (χ0) is 10.1. The molecule has 0 aliphatic rings. The Morgan fingerprint density at radius 2 is 2.14 bits per heavy atom. The minimum atomic E-state index is -0.462. The van der Waals surface area contributed by atoms with Crippen LogP contribution in [0, 0.1) is 10.1 Å². The van der Waals surface area contributed by atoms with Crippen molar-refractivity contribution in [2.45, 2.75) is 0 Å². The summed E-state index contributed by atoms with van der Waals surface area (Å²) < 4.78 is 0. The zero-order valence-corrected chi connectivity index (χ0v) is 7.73. The van der Waals surface area contributed by atoms with Gasteiger partial charge in [0.25, 0.3) is 5.69 Å². The molecule has 14 heavy (non-hydrogen) atoms. The van der Waals surface area contributed by atoms with Gasteiger partial charge in [-0.3, -0.25) is 15.1 Å². The average Bonchev–Trinajstić information content (AvgIpc) is 2.17. The summed E-state index contributed by atoms with van der Waals surface area (Å²) in [6, 6.07) is 6.35. The predicted octanol–water partition coefficient (Wildman–Crippen LogP) is 2.80. The molecule has 0 bridgehead atoms. The maximum absolute atomic E-state index is 10.7. The first-order valence-corrected chi connectivity index (χ1v) is 4.25. The lowest BCUT2D eigenvalue weighted by molar-refractivity contribution is -0.383. The molecule has 0 fully saturated rings. The van der Waals surface area contributed by atoms with Crippen LogP contribution in [-0.4, -0.2) is 9.91 Å². The van der Waals surface area contributed by atoms with Crippen LogP contribution in [0.5, 0.6) is 0 Å². The molecule has 2 rings (SSSR count). The Bertz CT molecular complexity index is 508. The monoisotopic (exact) mass is 208 g/mol. The van der Waals surface area contributed by atoms with E-state index in [1.807, 2.05) is 0 Å². The number of pyridine rings is 1. The highest BCUT2D eigenvalue weighted by Crippen LogP contribution is 2.29. The maximum atomic E-state index is 10.7. The van der Waals surface area contributed by atoms with Gasteiger partial charge in [0.15, 0.2) is 0 Å². The Labute approximate surface area is 84.3 Å². The van der Waals surface area contributed by atoms with E-state index in [0.717, 1.165) is 0 Å². The number of hydrogen-bond donors (Lipinski definition) is 0. The van der Waals surface area contributed by atoms with Crippen molar-refractivity contribution >= 4 is 28.2 Å². The normalized spacial score (nSPS) is 10.4. The van der Waals surface area contributed by atoms with Gasteiger partial charge in [0, 0.05) is 12.3 Å². The second-order valence-electron chi connectivity index (χ2n) is 2.72. The molecule has 0 saturated carbocycles. The molecule has 0 aliphatic carbocycles. The first kappa shape index (κ1) is 8.90. The highest BCUT2D eigenvalue weighted by Gasteiger charge is 2.14. The lowest BCUT2D eigenvalue weighted by Gasteiger charge is -1.99. The SMILES string of the molecule is O=[N+]([O-])c1ccnc2cccc(Cl)c12. The van der Waals surface area contributed by atoms with E-state index in [2.05, 4.69) is 4.98 Å². The third-order valence-electron chi connectivity index (χ3n) is 1.89. The fraction of sp³-hybridized carbons (Fsp3) is 0. The summed E-state index contributed by atoms with van der Waals surface area (Å²) in [5.74, 6) is 0. The molecule has 0 spiro atoms. The zero-order valence-electron chi connectivity index (χ0n) is 6.98. The smallest absolute Gasteiger partial charge is 0.258 e. The van der Waals surface area contributed by atoms with Crippen LogP contribution in [0.15, 0.2) is 30.5 Å². The third-order valence-corrected chi connectivity index (χ3v) is 2.21. The number of aromatic nitrogens is 1. The van der Waals surface area contributed by atoms with E-state index >= 15 is 0 Å². The first-order chi connectivity index (χ1) is 6.70. The van der Waals surface area contributed by atoms with Crippen molar-refractivity contribution in [3.05, 3.63) is 45.6 Å². The molecule has 0 amide bonds. The van der Waals surface area contributed by atoms with Gasteiger partial charge in [-0.1, -0.05) is 17.7 Å². The van der Waals surface area contributed by atoms with Crippen LogP contribution in [0.4, 0.5) is 5.69 Å². The highest BCUT2D eigenvalue weighted by molar-refractivity contribution is 6.36. The average molecular weight is 209 g/mol. The molecule has 0 atom stereocenters. The van der Waals surface area contributed by atoms with Crippen molar-refractivity contribution in [1.82, 2.24) is 4.98 Å². The molecule has 0 saturated heterocycles. The molecule has 0 radical (unpaired) electrons. The van der Waals surface area contributed by atoms with Crippen LogP contribution in [0.25, 0.3) is 10.9 Å². The number of fused-ring (bicyclic) bond motifs is 1. The quantitative estimate of drug-likeness (QED) is 0.535. The molecule has 0 aliphatic heterocycles. The summed E-state index contributed by atoms with van der Waals surface area (Å²) in [6.07, 6.45) is 1.40. The number of nitro groups is 1. The summed E-state index contributed by atoms with van der Waals surface area (Å²) in [4.78, 5) is 14.2. The van der Waals surface area contributed by atoms with Gasteiger partial charge in [-0.05, 0) is 12.1 Å². The van der Waals surface area contributed by atoms with Gasteiger partial charge in [-0.25, -0.2) is 0 Å². The summed E-state index contributed by atoms with van der Waals surface area (Å²) in [5, 5.41) is 11.4. The summed E-state index contributed by atoms with van der Waals surface area (Å²) in [6.45, 7) is 0. The molecule has 2 aromatic rings. The van der Waals surface area contributed by atoms with Gasteiger partial charge < -0.3 is 0 Å². The lowest BCUT2D eigenvalue weighted by Crippen LogP contribution is -1.91. The standard InChI is InChI=1S/C9H5ClN2O2/c10-6-2-1-3-7-9(6)8(12(13)14)4-5-11-7/h1-5H. The summed E-state index contributed by atoms with van der Waals surface area (Å²) in [5.41, 5.74) is 0.521. The van der Waals surface area contributed by atoms with Crippen LogP contribution in [0.1, 0.15) is 0 Å². The summed E-state index contributed by atoms with van der Waals surface area (Å²) >= 11 is 5.86. The highest BCUT2D eigenvalue weighted by atomic mass is 35.5. The fourth-order valence-electron chi connectivity index (χ4n) is 1.30. The van der Waals surface area contributed by atoms with Gasteiger partial charge in [-0.15, -0.1) is 0 Å². The van der Waals surface area contributed by atoms with Crippen LogP contribution >= 0.6 is 11.6 Å². The van der Waals surface area contributed by atoms with E-state index in [9.17, 15) is 10.1 Å². The molecule has 1 aromatic heterocycles. The number of benzene rings is 1.